The van der Waals surface area contributed by atoms with Gasteiger partial charge in [-0.15, -0.1) is 0 Å². The van der Waals surface area contributed by atoms with Gasteiger partial charge in [-0.1, -0.05) is 0 Å². The van der Waals surface area contributed by atoms with Crippen molar-refractivity contribution in [1.29, 1.82) is 0 Å². The smallest absolute Gasteiger partial charge is 0.326 e. The van der Waals surface area contributed by atoms with Gasteiger partial charge in [0.1, 0.15) is 24.2 Å². The van der Waals surface area contributed by atoms with Gasteiger partial charge >= 0.3 is 17.9 Å². The number of imidazole rings is 1. The molecule has 1 aromatic rings. The van der Waals surface area contributed by atoms with Gasteiger partial charge in [-0.25, -0.2) is 9.78 Å². The molecule has 0 aromatic carbocycles. The summed E-state index contributed by atoms with van der Waals surface area (Å²) in [5, 5.41) is 42.7. The van der Waals surface area contributed by atoms with Crippen LogP contribution >= 0.6 is 0 Å². The first-order valence-electron chi connectivity index (χ1n) is 10.4. The monoisotopic (exact) mass is 500 g/mol. The van der Waals surface area contributed by atoms with Crippen molar-refractivity contribution in [3.63, 3.8) is 0 Å². The lowest BCUT2D eigenvalue weighted by molar-refractivity contribution is -0.143. The van der Waals surface area contributed by atoms with E-state index in [1.807, 2.05) is 0 Å². The number of hydrogen-bond donors (Lipinski definition) is 9. The van der Waals surface area contributed by atoms with Crippen LogP contribution in [0.1, 0.15) is 31.4 Å². The molecule has 0 bridgehead atoms. The van der Waals surface area contributed by atoms with Crippen molar-refractivity contribution in [2.24, 2.45) is 5.73 Å². The second kappa shape index (κ2) is 14.3. The van der Waals surface area contributed by atoms with Crippen molar-refractivity contribution in [2.75, 3.05) is 6.61 Å². The molecule has 0 saturated carbocycles. The minimum Gasteiger partial charge on any atom is -0.481 e. The fourth-order valence-corrected chi connectivity index (χ4v) is 2.79. The molecule has 4 atom stereocenters. The third-order valence-corrected chi connectivity index (χ3v) is 4.69. The molecule has 194 valence electrons. The average molecular weight is 500 g/mol. The molecule has 10 N–H and O–H groups in total. The third kappa shape index (κ3) is 10.6. The lowest BCUT2D eigenvalue weighted by Crippen LogP contribution is -2.58. The Hall–Kier alpha value is -4.05. The number of aliphatic hydroxyl groups is 1. The van der Waals surface area contributed by atoms with Crippen molar-refractivity contribution >= 4 is 35.6 Å². The number of hydrogen-bond acceptors (Lipinski definition) is 9. The van der Waals surface area contributed by atoms with E-state index in [2.05, 4.69) is 25.9 Å². The van der Waals surface area contributed by atoms with E-state index in [1.54, 1.807) is 0 Å². The van der Waals surface area contributed by atoms with E-state index in [0.29, 0.717) is 5.69 Å². The van der Waals surface area contributed by atoms with Crippen molar-refractivity contribution in [3.05, 3.63) is 18.2 Å². The second-order valence-corrected chi connectivity index (χ2v) is 7.46. The van der Waals surface area contributed by atoms with Gasteiger partial charge in [0.2, 0.25) is 17.7 Å². The van der Waals surface area contributed by atoms with E-state index in [1.165, 1.54) is 12.5 Å². The van der Waals surface area contributed by atoms with Gasteiger partial charge in [-0.05, 0) is 12.8 Å². The molecular weight excluding hydrogens is 472 g/mol. The van der Waals surface area contributed by atoms with Crippen molar-refractivity contribution < 1.29 is 49.2 Å². The number of aromatic amines is 1. The van der Waals surface area contributed by atoms with Crippen molar-refractivity contribution in [2.45, 2.75) is 56.3 Å². The number of carboxylic acids is 3. The zero-order valence-corrected chi connectivity index (χ0v) is 18.5. The Morgan fingerprint density at radius 3 is 1.86 bits per heavy atom. The van der Waals surface area contributed by atoms with Crippen LogP contribution in [0.5, 0.6) is 0 Å². The van der Waals surface area contributed by atoms with Crippen molar-refractivity contribution in [1.82, 2.24) is 25.9 Å². The number of carbonyl (C=O) groups is 6. The van der Waals surface area contributed by atoms with Gasteiger partial charge in [0.15, 0.2) is 0 Å². The summed E-state index contributed by atoms with van der Waals surface area (Å²) in [6, 6.07) is -5.81. The number of nitrogens with two attached hydrogens (primary N) is 1. The van der Waals surface area contributed by atoms with E-state index in [4.69, 9.17) is 21.1 Å². The van der Waals surface area contributed by atoms with Crippen molar-refractivity contribution in [3.8, 4) is 0 Å². The number of H-pyrrole nitrogens is 1. The SMILES string of the molecule is NC(CO)C(=O)NC(CCC(=O)O)C(=O)NC(Cc1cnc[nH]1)C(=O)NC(CCC(=O)O)C(=O)O. The molecule has 0 aliphatic rings. The highest BCUT2D eigenvalue weighted by molar-refractivity contribution is 5.94. The third-order valence-electron chi connectivity index (χ3n) is 4.69. The Balaban J connectivity index is 3.07. The minimum atomic E-state index is -1.56. The van der Waals surface area contributed by atoms with Gasteiger partial charge in [-0.2, -0.15) is 0 Å². The zero-order chi connectivity index (χ0) is 26.5. The maximum Gasteiger partial charge on any atom is 0.326 e. The number of aromatic nitrogens is 2. The standard InChI is InChI=1S/C19H28N6O10/c20-10(7-26)16(31)23-11(1-3-14(27)28)17(32)25-13(5-9-6-21-8-22-9)18(33)24-12(19(34)35)2-4-15(29)30/h6,8,10-13,26H,1-5,7,20H2,(H,21,22)(H,23,31)(H,24,33)(H,25,32)(H,27,28)(H,29,30)(H,34,35). The Bertz CT molecular complexity index is 906. The molecule has 35 heavy (non-hydrogen) atoms. The molecule has 0 spiro atoms. The second-order valence-electron chi connectivity index (χ2n) is 7.46. The number of aliphatic carboxylic acids is 3. The Labute approximate surface area is 198 Å². The Morgan fingerprint density at radius 1 is 0.857 bits per heavy atom. The molecule has 0 aliphatic carbocycles. The predicted octanol–water partition coefficient (Wildman–Crippen LogP) is -3.46. The summed E-state index contributed by atoms with van der Waals surface area (Å²) < 4.78 is 0. The Morgan fingerprint density at radius 2 is 1.37 bits per heavy atom. The molecule has 0 saturated heterocycles. The highest BCUT2D eigenvalue weighted by atomic mass is 16.4. The van der Waals surface area contributed by atoms with Gasteiger partial charge in [0.25, 0.3) is 0 Å². The van der Waals surface area contributed by atoms with Crippen LogP contribution in [-0.2, 0) is 35.2 Å². The topological polar surface area (TPSA) is 274 Å². The molecule has 0 aliphatic heterocycles. The minimum absolute atomic E-state index is 0.196. The predicted molar refractivity (Wildman–Crippen MR) is 115 cm³/mol. The summed E-state index contributed by atoms with van der Waals surface area (Å²) in [5.41, 5.74) is 5.78. The van der Waals surface area contributed by atoms with Crippen LogP contribution in [0.25, 0.3) is 0 Å². The van der Waals surface area contributed by atoms with Gasteiger partial charge in [0.05, 0.1) is 12.9 Å². The Kier molecular flexibility index (Phi) is 11.8. The highest BCUT2D eigenvalue weighted by Crippen LogP contribution is 2.05. The number of nitrogens with zero attached hydrogens (tertiary/aromatic N) is 1. The zero-order valence-electron chi connectivity index (χ0n) is 18.5. The van der Waals surface area contributed by atoms with Crippen LogP contribution in [0.2, 0.25) is 0 Å². The lowest BCUT2D eigenvalue weighted by atomic mass is 10.1. The van der Waals surface area contributed by atoms with E-state index >= 15 is 0 Å². The maximum atomic E-state index is 12.9. The van der Waals surface area contributed by atoms with Crippen LogP contribution < -0.4 is 21.7 Å². The molecule has 1 aromatic heterocycles. The number of carboxylic acid groups (broad SMARTS) is 3. The van der Waals surface area contributed by atoms with Crippen LogP contribution in [-0.4, -0.2) is 96.8 Å². The fourth-order valence-electron chi connectivity index (χ4n) is 2.79. The molecule has 4 unspecified atom stereocenters. The quantitative estimate of drug-likeness (QED) is 0.107. The first-order chi connectivity index (χ1) is 16.4. The van der Waals surface area contributed by atoms with Crippen LogP contribution in [0, 0.1) is 0 Å². The maximum absolute atomic E-state index is 12.9. The van der Waals surface area contributed by atoms with Gasteiger partial charge in [-0.3, -0.25) is 24.0 Å². The number of aliphatic hydroxyl groups excluding tert-OH is 1. The molecule has 16 nitrogen and oxygen atoms in total. The fraction of sp³-hybridized carbons (Fsp3) is 0.526. The number of amides is 3. The summed E-state index contributed by atoms with van der Waals surface area (Å²) in [4.78, 5) is 77.4. The number of carbonyl (C=O) groups excluding carboxylic acids is 3. The highest BCUT2D eigenvalue weighted by Gasteiger charge is 2.31. The molecule has 16 heteroatoms. The first kappa shape index (κ1) is 29.0. The number of nitrogens with one attached hydrogen (secondary N) is 4. The normalized spacial score (nSPS) is 14.1. The number of rotatable bonds is 16. The summed E-state index contributed by atoms with van der Waals surface area (Å²) in [7, 11) is 0. The van der Waals surface area contributed by atoms with Crippen LogP contribution in [0.15, 0.2) is 12.5 Å². The van der Waals surface area contributed by atoms with E-state index < -0.39 is 85.7 Å². The lowest BCUT2D eigenvalue weighted by Gasteiger charge is -2.24. The summed E-state index contributed by atoms with van der Waals surface area (Å²) >= 11 is 0. The summed E-state index contributed by atoms with van der Waals surface area (Å²) in [5.74, 6) is -6.91. The van der Waals surface area contributed by atoms with Gasteiger partial charge in [0, 0.05) is 31.2 Å². The molecule has 0 fully saturated rings. The molecule has 3 amide bonds. The van der Waals surface area contributed by atoms with Crippen LogP contribution in [0.4, 0.5) is 0 Å². The van der Waals surface area contributed by atoms with E-state index in [-0.39, 0.29) is 12.8 Å². The van der Waals surface area contributed by atoms with E-state index in [9.17, 15) is 33.9 Å². The molecular formula is C19H28N6O10. The summed E-state index contributed by atoms with van der Waals surface area (Å²) in [6.07, 6.45) is 0.584. The largest absolute Gasteiger partial charge is 0.481 e. The molecule has 1 heterocycles. The van der Waals surface area contributed by atoms with Crippen LogP contribution in [0.3, 0.4) is 0 Å². The average Bonchev–Trinajstić information content (AvgIpc) is 3.30. The van der Waals surface area contributed by atoms with Gasteiger partial charge < -0.3 is 47.1 Å². The molecule has 1 rings (SSSR count). The molecule has 0 radical (unpaired) electrons. The van der Waals surface area contributed by atoms with E-state index in [0.717, 1.165) is 0 Å². The first-order valence-corrected chi connectivity index (χ1v) is 10.4. The summed E-state index contributed by atoms with van der Waals surface area (Å²) in [6.45, 7) is -0.739.